The summed E-state index contributed by atoms with van der Waals surface area (Å²) in [5.41, 5.74) is 9.45. The highest BCUT2D eigenvalue weighted by atomic mass is 19.4. The molecule has 1 amide bonds. The first-order chi connectivity index (χ1) is 9.27. The van der Waals surface area contributed by atoms with E-state index in [0.29, 0.717) is 25.9 Å². The average Bonchev–Trinajstić information content (AvgIpc) is 2.37. The van der Waals surface area contributed by atoms with E-state index in [9.17, 15) is 18.0 Å². The molecule has 0 saturated carbocycles. The fourth-order valence-corrected chi connectivity index (χ4v) is 2.15. The number of anilines is 2. The van der Waals surface area contributed by atoms with Crippen LogP contribution >= 0.6 is 0 Å². The number of amides is 1. The number of carbonyl (C=O) groups excluding carboxylic acids is 1. The van der Waals surface area contributed by atoms with Gasteiger partial charge in [-0.2, -0.15) is 18.2 Å². The van der Waals surface area contributed by atoms with Crippen LogP contribution in [0.2, 0.25) is 0 Å². The maximum absolute atomic E-state index is 12.7. The summed E-state index contributed by atoms with van der Waals surface area (Å²) in [5, 5.41) is 0. The van der Waals surface area contributed by atoms with E-state index in [0.717, 1.165) is 6.07 Å². The van der Waals surface area contributed by atoms with Crippen LogP contribution in [0, 0.1) is 5.92 Å². The Morgan fingerprint density at radius 3 is 2.40 bits per heavy atom. The second-order valence-corrected chi connectivity index (χ2v) is 4.63. The topological polar surface area (TPSA) is 98.1 Å². The van der Waals surface area contributed by atoms with Crippen LogP contribution in [0.3, 0.4) is 0 Å². The first-order valence-electron chi connectivity index (χ1n) is 6.03. The second-order valence-electron chi connectivity index (χ2n) is 4.63. The van der Waals surface area contributed by atoms with Gasteiger partial charge in [0.25, 0.3) is 0 Å². The maximum Gasteiger partial charge on any atom is 0.433 e. The monoisotopic (exact) mass is 289 g/mol. The highest BCUT2D eigenvalue weighted by molar-refractivity contribution is 5.77. The zero-order valence-corrected chi connectivity index (χ0v) is 10.5. The van der Waals surface area contributed by atoms with Crippen LogP contribution in [0.1, 0.15) is 18.5 Å². The Labute approximate surface area is 113 Å². The Balaban J connectivity index is 2.18. The lowest BCUT2D eigenvalue weighted by Crippen LogP contribution is -2.39. The molecule has 0 aromatic carbocycles. The number of halogens is 3. The van der Waals surface area contributed by atoms with E-state index >= 15 is 0 Å². The molecule has 4 N–H and O–H groups in total. The van der Waals surface area contributed by atoms with E-state index in [2.05, 4.69) is 9.97 Å². The molecule has 9 heteroatoms. The van der Waals surface area contributed by atoms with Crippen molar-refractivity contribution in [2.45, 2.75) is 19.0 Å². The second kappa shape index (κ2) is 5.14. The first kappa shape index (κ1) is 14.4. The van der Waals surface area contributed by atoms with Crippen molar-refractivity contribution < 1.29 is 18.0 Å². The number of rotatable bonds is 2. The summed E-state index contributed by atoms with van der Waals surface area (Å²) in [5.74, 6) is -0.935. The molecule has 6 nitrogen and oxygen atoms in total. The van der Waals surface area contributed by atoms with Crippen molar-refractivity contribution >= 4 is 17.7 Å². The molecule has 1 fully saturated rings. The van der Waals surface area contributed by atoms with Gasteiger partial charge in [-0.3, -0.25) is 4.79 Å². The van der Waals surface area contributed by atoms with Crippen LogP contribution in [0.25, 0.3) is 0 Å². The van der Waals surface area contributed by atoms with Crippen LogP contribution in [-0.2, 0) is 11.0 Å². The summed E-state index contributed by atoms with van der Waals surface area (Å²) in [7, 11) is 0. The third kappa shape index (κ3) is 3.09. The van der Waals surface area contributed by atoms with Gasteiger partial charge in [-0.1, -0.05) is 0 Å². The quantitative estimate of drug-likeness (QED) is 0.838. The molecule has 2 rings (SSSR count). The molecule has 20 heavy (non-hydrogen) atoms. The predicted molar refractivity (Wildman–Crippen MR) is 65.6 cm³/mol. The molecule has 0 atom stereocenters. The van der Waals surface area contributed by atoms with Gasteiger partial charge >= 0.3 is 6.18 Å². The summed E-state index contributed by atoms with van der Waals surface area (Å²) in [6.45, 7) is 0.808. The highest BCUT2D eigenvalue weighted by Gasteiger charge is 2.34. The van der Waals surface area contributed by atoms with Crippen LogP contribution in [0.4, 0.5) is 24.9 Å². The smallest absolute Gasteiger partial charge is 0.369 e. The van der Waals surface area contributed by atoms with Gasteiger partial charge in [0.05, 0.1) is 0 Å². The minimum atomic E-state index is -4.57. The number of piperidine rings is 1. The molecule has 2 heterocycles. The Morgan fingerprint density at radius 2 is 1.90 bits per heavy atom. The zero-order valence-electron chi connectivity index (χ0n) is 10.5. The molecule has 1 aromatic rings. The van der Waals surface area contributed by atoms with Crippen molar-refractivity contribution in [2.75, 3.05) is 23.7 Å². The Hall–Kier alpha value is -2.06. The number of primary amides is 1. The normalized spacial score (nSPS) is 17.2. The standard InChI is InChI=1S/C11H14F3N5O/c12-11(13,14)7-5-8(18-10(16)17-7)19-3-1-6(2-4-19)9(15)20/h5-6H,1-4H2,(H2,15,20)(H2,16,17,18). The molecule has 0 unspecified atom stereocenters. The van der Waals surface area contributed by atoms with Crippen molar-refractivity contribution in [1.82, 2.24) is 9.97 Å². The van der Waals surface area contributed by atoms with E-state index in [1.807, 2.05) is 0 Å². The van der Waals surface area contributed by atoms with Gasteiger partial charge in [0.2, 0.25) is 11.9 Å². The summed E-state index contributed by atoms with van der Waals surface area (Å²) < 4.78 is 38.0. The summed E-state index contributed by atoms with van der Waals surface area (Å²) in [6.07, 6.45) is -3.60. The number of hydrogen-bond donors (Lipinski definition) is 2. The lowest BCUT2D eigenvalue weighted by Gasteiger charge is -2.31. The molecule has 0 aliphatic carbocycles. The van der Waals surface area contributed by atoms with Crippen molar-refractivity contribution in [1.29, 1.82) is 0 Å². The fourth-order valence-electron chi connectivity index (χ4n) is 2.15. The number of nitrogen functional groups attached to an aromatic ring is 1. The largest absolute Gasteiger partial charge is 0.433 e. The van der Waals surface area contributed by atoms with Crippen LogP contribution in [0.5, 0.6) is 0 Å². The summed E-state index contributed by atoms with van der Waals surface area (Å²) in [4.78, 5) is 19.7. The molecular weight excluding hydrogens is 275 g/mol. The number of aromatic nitrogens is 2. The molecule has 0 spiro atoms. The van der Waals surface area contributed by atoms with Crippen molar-refractivity contribution in [2.24, 2.45) is 11.7 Å². The number of hydrogen-bond acceptors (Lipinski definition) is 5. The van der Waals surface area contributed by atoms with E-state index < -0.39 is 17.8 Å². The lowest BCUT2D eigenvalue weighted by atomic mass is 9.96. The van der Waals surface area contributed by atoms with Crippen LogP contribution in [0.15, 0.2) is 6.07 Å². The van der Waals surface area contributed by atoms with Crippen molar-refractivity contribution in [3.8, 4) is 0 Å². The molecule has 110 valence electrons. The molecule has 1 aliphatic rings. The van der Waals surface area contributed by atoms with Crippen molar-refractivity contribution in [3.63, 3.8) is 0 Å². The third-order valence-electron chi connectivity index (χ3n) is 3.24. The highest BCUT2D eigenvalue weighted by Crippen LogP contribution is 2.31. The van der Waals surface area contributed by atoms with Gasteiger partial charge < -0.3 is 16.4 Å². The fraction of sp³-hybridized carbons (Fsp3) is 0.545. The van der Waals surface area contributed by atoms with Crippen molar-refractivity contribution in [3.05, 3.63) is 11.8 Å². The van der Waals surface area contributed by atoms with E-state index in [1.165, 1.54) is 0 Å². The van der Waals surface area contributed by atoms with Gasteiger partial charge in [0.15, 0.2) is 5.69 Å². The van der Waals surface area contributed by atoms with Gasteiger partial charge in [0.1, 0.15) is 5.82 Å². The van der Waals surface area contributed by atoms with Gasteiger partial charge in [0, 0.05) is 25.1 Å². The van der Waals surface area contributed by atoms with Gasteiger partial charge in [-0.05, 0) is 12.8 Å². The predicted octanol–water partition coefficient (Wildman–Crippen LogP) is 0.779. The number of carbonyl (C=O) groups is 1. The molecule has 0 radical (unpaired) electrons. The van der Waals surface area contributed by atoms with E-state index in [1.54, 1.807) is 4.90 Å². The number of nitrogens with two attached hydrogens (primary N) is 2. The summed E-state index contributed by atoms with van der Waals surface area (Å²) in [6, 6.07) is 0.862. The lowest BCUT2D eigenvalue weighted by molar-refractivity contribution is -0.141. The third-order valence-corrected chi connectivity index (χ3v) is 3.24. The van der Waals surface area contributed by atoms with E-state index in [-0.39, 0.29) is 17.6 Å². The molecule has 1 aromatic heterocycles. The van der Waals surface area contributed by atoms with Gasteiger partial charge in [-0.15, -0.1) is 0 Å². The molecular formula is C11H14F3N5O. The van der Waals surface area contributed by atoms with Gasteiger partial charge in [-0.25, -0.2) is 4.98 Å². The Kier molecular flexibility index (Phi) is 3.69. The summed E-state index contributed by atoms with van der Waals surface area (Å²) >= 11 is 0. The number of alkyl halides is 3. The minimum Gasteiger partial charge on any atom is -0.369 e. The molecule has 0 bridgehead atoms. The van der Waals surface area contributed by atoms with Crippen LogP contribution in [-0.4, -0.2) is 29.0 Å². The zero-order chi connectivity index (χ0) is 14.9. The first-order valence-corrected chi connectivity index (χ1v) is 6.03. The Bertz CT molecular complexity index is 511. The average molecular weight is 289 g/mol. The minimum absolute atomic E-state index is 0.118. The maximum atomic E-state index is 12.7. The molecule has 1 saturated heterocycles. The van der Waals surface area contributed by atoms with E-state index in [4.69, 9.17) is 11.5 Å². The van der Waals surface area contributed by atoms with Crippen LogP contribution < -0.4 is 16.4 Å². The number of nitrogens with zero attached hydrogens (tertiary/aromatic N) is 3. The Morgan fingerprint density at radius 1 is 1.30 bits per heavy atom. The molecule has 1 aliphatic heterocycles. The SMILES string of the molecule is NC(=O)C1CCN(c2cc(C(F)(F)F)nc(N)n2)CC1.